The Labute approximate surface area is 223 Å². The summed E-state index contributed by atoms with van der Waals surface area (Å²) in [6.07, 6.45) is -0.734. The van der Waals surface area contributed by atoms with Crippen molar-refractivity contribution < 1.29 is 22.7 Å². The van der Waals surface area contributed by atoms with Crippen LogP contribution in [0.5, 0.6) is 5.75 Å². The number of ether oxygens (including phenoxy) is 2. The molecule has 1 atom stereocenters. The van der Waals surface area contributed by atoms with Gasteiger partial charge in [0.2, 0.25) is 0 Å². The van der Waals surface area contributed by atoms with Crippen molar-refractivity contribution in [1.29, 1.82) is 0 Å². The van der Waals surface area contributed by atoms with E-state index in [-0.39, 0.29) is 18.0 Å². The van der Waals surface area contributed by atoms with Gasteiger partial charge >= 0.3 is 5.97 Å². The van der Waals surface area contributed by atoms with Gasteiger partial charge < -0.3 is 14.4 Å². The number of likely N-dealkylation sites (N-methyl/N-ethyl adjacent to an activating group) is 1. The molecule has 0 aromatic heterocycles. The Morgan fingerprint density at radius 3 is 2.49 bits per heavy atom. The van der Waals surface area contributed by atoms with Crippen LogP contribution >= 0.6 is 15.9 Å². The molecule has 4 aromatic carbocycles. The topological polar surface area (TPSA) is 85.3 Å². The van der Waals surface area contributed by atoms with Gasteiger partial charge in [-0.15, -0.1) is 4.40 Å². The molecule has 188 valence electrons. The van der Waals surface area contributed by atoms with E-state index in [1.165, 1.54) is 6.07 Å². The molecule has 37 heavy (non-hydrogen) atoms. The monoisotopic (exact) mass is 578 g/mol. The SMILES string of the molecule is CN(C[C@H](COc1cccc2ccccc12)OC(=O)c1ccccc1Br)C1=NS(=O)(=O)c2ccccc21. The van der Waals surface area contributed by atoms with Crippen LogP contribution in [0.1, 0.15) is 15.9 Å². The Hall–Kier alpha value is -3.69. The van der Waals surface area contributed by atoms with Gasteiger partial charge in [-0.3, -0.25) is 0 Å². The zero-order valence-corrected chi connectivity index (χ0v) is 22.3. The molecular weight excluding hydrogens is 556 g/mol. The van der Waals surface area contributed by atoms with Crippen LogP contribution in [0.3, 0.4) is 0 Å². The summed E-state index contributed by atoms with van der Waals surface area (Å²) in [5.74, 6) is 0.435. The van der Waals surface area contributed by atoms with Crippen LogP contribution in [0.4, 0.5) is 0 Å². The second-order valence-corrected chi connectivity index (χ2v) is 11.0. The zero-order chi connectivity index (χ0) is 26.0. The summed E-state index contributed by atoms with van der Waals surface area (Å²) in [5.41, 5.74) is 0.891. The van der Waals surface area contributed by atoms with Gasteiger partial charge in [-0.25, -0.2) is 4.79 Å². The Morgan fingerprint density at radius 2 is 1.65 bits per heavy atom. The number of halogens is 1. The van der Waals surface area contributed by atoms with Crippen LogP contribution in [0.2, 0.25) is 0 Å². The number of carbonyl (C=O) groups excluding carboxylic acids is 1. The van der Waals surface area contributed by atoms with E-state index >= 15 is 0 Å². The quantitative estimate of drug-likeness (QED) is 0.277. The van der Waals surface area contributed by atoms with E-state index in [0.717, 1.165) is 10.8 Å². The van der Waals surface area contributed by atoms with Crippen LogP contribution in [0, 0.1) is 0 Å². The molecular formula is C28H23BrN2O5S. The summed E-state index contributed by atoms with van der Waals surface area (Å²) in [6, 6.07) is 27.3. The van der Waals surface area contributed by atoms with E-state index in [1.54, 1.807) is 48.3 Å². The first-order valence-corrected chi connectivity index (χ1v) is 13.8. The maximum Gasteiger partial charge on any atom is 0.339 e. The summed E-state index contributed by atoms with van der Waals surface area (Å²) >= 11 is 3.40. The Kier molecular flexibility index (Phi) is 6.99. The van der Waals surface area contributed by atoms with Gasteiger partial charge in [0.05, 0.1) is 12.1 Å². The highest BCUT2D eigenvalue weighted by Gasteiger charge is 2.32. The average molecular weight is 579 g/mol. The lowest BCUT2D eigenvalue weighted by atomic mass is 10.1. The lowest BCUT2D eigenvalue weighted by Gasteiger charge is -2.26. The van der Waals surface area contributed by atoms with Crippen molar-refractivity contribution >= 4 is 48.5 Å². The average Bonchev–Trinajstić information content (AvgIpc) is 3.18. The number of hydrogen-bond donors (Lipinski definition) is 0. The van der Waals surface area contributed by atoms with Gasteiger partial charge in [-0.05, 0) is 51.6 Å². The fourth-order valence-corrected chi connectivity index (χ4v) is 5.92. The highest BCUT2D eigenvalue weighted by molar-refractivity contribution is 9.10. The molecule has 5 rings (SSSR count). The molecule has 4 aromatic rings. The number of nitrogens with zero attached hydrogens (tertiary/aromatic N) is 2. The van der Waals surface area contributed by atoms with Gasteiger partial charge in [0.25, 0.3) is 10.0 Å². The number of rotatable bonds is 7. The maximum absolute atomic E-state index is 13.1. The van der Waals surface area contributed by atoms with E-state index in [2.05, 4.69) is 20.3 Å². The smallest absolute Gasteiger partial charge is 0.339 e. The van der Waals surface area contributed by atoms with Crippen molar-refractivity contribution in [3.05, 3.63) is 107 Å². The number of hydrogen-bond acceptors (Lipinski definition) is 6. The third-order valence-corrected chi connectivity index (χ3v) is 8.01. The molecule has 0 bridgehead atoms. The molecule has 0 radical (unpaired) electrons. The summed E-state index contributed by atoms with van der Waals surface area (Å²) in [6.45, 7) is 0.208. The van der Waals surface area contributed by atoms with Gasteiger partial charge in [-0.1, -0.05) is 60.7 Å². The van der Waals surface area contributed by atoms with Crippen molar-refractivity contribution in [3.8, 4) is 5.75 Å². The Bertz CT molecular complexity index is 1610. The van der Waals surface area contributed by atoms with Crippen molar-refractivity contribution in [1.82, 2.24) is 4.90 Å². The van der Waals surface area contributed by atoms with Crippen molar-refractivity contribution in [2.75, 3.05) is 20.2 Å². The van der Waals surface area contributed by atoms with Crippen molar-refractivity contribution in [2.24, 2.45) is 4.40 Å². The third-order valence-electron chi connectivity index (χ3n) is 5.99. The van der Waals surface area contributed by atoms with Crippen LogP contribution < -0.4 is 4.74 Å². The molecule has 0 saturated heterocycles. The van der Waals surface area contributed by atoms with E-state index in [4.69, 9.17) is 9.47 Å². The lowest BCUT2D eigenvalue weighted by Crippen LogP contribution is -2.39. The Balaban J connectivity index is 1.41. The van der Waals surface area contributed by atoms with E-state index in [0.29, 0.717) is 27.2 Å². The van der Waals surface area contributed by atoms with Crippen molar-refractivity contribution in [2.45, 2.75) is 11.0 Å². The fraction of sp³-hybridized carbons (Fsp3) is 0.143. The van der Waals surface area contributed by atoms with E-state index in [9.17, 15) is 13.2 Å². The fourth-order valence-electron chi connectivity index (χ4n) is 4.23. The molecule has 0 unspecified atom stereocenters. The molecule has 0 fully saturated rings. The molecule has 0 saturated carbocycles. The van der Waals surface area contributed by atoms with Gasteiger partial charge in [0.15, 0.2) is 11.9 Å². The zero-order valence-electron chi connectivity index (χ0n) is 19.9. The molecule has 0 spiro atoms. The largest absolute Gasteiger partial charge is 0.489 e. The van der Waals surface area contributed by atoms with Crippen LogP contribution in [-0.2, 0) is 14.8 Å². The molecule has 1 aliphatic heterocycles. The third kappa shape index (κ3) is 5.23. The Morgan fingerprint density at radius 1 is 0.946 bits per heavy atom. The van der Waals surface area contributed by atoms with E-state index in [1.807, 2.05) is 48.5 Å². The molecule has 1 heterocycles. The minimum Gasteiger partial charge on any atom is -0.489 e. The predicted molar refractivity (Wildman–Crippen MR) is 146 cm³/mol. The maximum atomic E-state index is 13.1. The molecule has 0 N–H and O–H groups in total. The molecule has 9 heteroatoms. The number of fused-ring (bicyclic) bond motifs is 2. The van der Waals surface area contributed by atoms with Gasteiger partial charge in [0, 0.05) is 22.5 Å². The summed E-state index contributed by atoms with van der Waals surface area (Å²) in [5, 5.41) is 1.97. The predicted octanol–water partition coefficient (Wildman–Crippen LogP) is 5.29. The van der Waals surface area contributed by atoms with Crippen LogP contribution in [0.15, 0.2) is 105 Å². The summed E-state index contributed by atoms with van der Waals surface area (Å²) < 4.78 is 41.7. The van der Waals surface area contributed by atoms with Crippen LogP contribution in [0.25, 0.3) is 10.8 Å². The number of esters is 1. The van der Waals surface area contributed by atoms with E-state index < -0.39 is 22.1 Å². The normalized spacial score (nSPS) is 14.5. The number of carbonyl (C=O) groups is 1. The number of sulfonamides is 1. The molecule has 0 amide bonds. The minimum absolute atomic E-state index is 0.0518. The molecule has 1 aliphatic rings. The number of benzene rings is 4. The second kappa shape index (κ2) is 10.4. The summed E-state index contributed by atoms with van der Waals surface area (Å²) in [4.78, 5) is 14.9. The standard InChI is InChI=1S/C28H23BrN2O5S/c1-31(27-23-13-5-7-16-26(23)37(33,34)30-27)17-20(36-28(32)22-12-4-6-14-24(22)29)18-35-25-15-8-10-19-9-2-3-11-21(19)25/h2-16,20H,17-18H2,1H3/t20-/m1/s1. The first-order valence-electron chi connectivity index (χ1n) is 11.5. The lowest BCUT2D eigenvalue weighted by molar-refractivity contribution is 0.0131. The molecule has 0 aliphatic carbocycles. The van der Waals surface area contributed by atoms with Crippen LogP contribution in [-0.4, -0.2) is 51.4 Å². The minimum atomic E-state index is -3.79. The van der Waals surface area contributed by atoms with Gasteiger partial charge in [0.1, 0.15) is 17.3 Å². The van der Waals surface area contributed by atoms with Gasteiger partial charge in [-0.2, -0.15) is 8.42 Å². The van der Waals surface area contributed by atoms with Crippen molar-refractivity contribution in [3.63, 3.8) is 0 Å². The highest BCUT2D eigenvalue weighted by Crippen LogP contribution is 2.28. The summed E-state index contributed by atoms with van der Waals surface area (Å²) in [7, 11) is -2.07. The highest BCUT2D eigenvalue weighted by atomic mass is 79.9. The first-order chi connectivity index (χ1) is 17.8. The number of amidine groups is 1. The first kappa shape index (κ1) is 25.0. The molecule has 7 nitrogen and oxygen atoms in total. The second-order valence-electron chi connectivity index (χ2n) is 8.56.